The van der Waals surface area contributed by atoms with Gasteiger partial charge in [-0.05, 0) is 36.8 Å². The molecule has 0 aliphatic carbocycles. The maximum Gasteiger partial charge on any atom is 0.325 e. The summed E-state index contributed by atoms with van der Waals surface area (Å²) in [6, 6.07) is 9.06. The largest absolute Gasteiger partial charge is 0.325 e. The summed E-state index contributed by atoms with van der Waals surface area (Å²) in [4.78, 5) is 36.2. The van der Waals surface area contributed by atoms with Crippen molar-refractivity contribution in [3.05, 3.63) is 74.0 Å². The number of nitrogens with zero attached hydrogens (tertiary/aromatic N) is 2. The standard InChI is InChI=1S/C17H13BrFN3O4/c1-17(11-3-6-13(7-4-11)22(25)26)15(23)21(16(24)20-17)9-10-2-5-12(18)8-14(10)19/h2-8H,9H2,1H3,(H,20,24). The molecule has 1 atom stereocenters. The van der Waals surface area contributed by atoms with Crippen molar-refractivity contribution >= 4 is 33.6 Å². The molecule has 1 heterocycles. The number of carbonyl (C=O) groups excluding carboxylic acids is 2. The highest BCUT2D eigenvalue weighted by Gasteiger charge is 2.49. The van der Waals surface area contributed by atoms with Gasteiger partial charge in [0.15, 0.2) is 0 Å². The molecule has 0 bridgehead atoms. The molecular weight excluding hydrogens is 409 g/mol. The monoisotopic (exact) mass is 421 g/mol. The number of hydrogen-bond acceptors (Lipinski definition) is 4. The SMILES string of the molecule is CC1(c2ccc([N+](=O)[O-])cc2)NC(=O)N(Cc2ccc(Br)cc2F)C1=O. The minimum atomic E-state index is -1.38. The van der Waals surface area contributed by atoms with E-state index >= 15 is 0 Å². The van der Waals surface area contributed by atoms with E-state index in [0.717, 1.165) is 4.90 Å². The van der Waals surface area contributed by atoms with E-state index in [0.29, 0.717) is 10.0 Å². The lowest BCUT2D eigenvalue weighted by Crippen LogP contribution is -2.40. The van der Waals surface area contributed by atoms with Crippen LogP contribution in [0.2, 0.25) is 0 Å². The quantitative estimate of drug-likeness (QED) is 0.464. The Labute approximate surface area is 156 Å². The topological polar surface area (TPSA) is 92.6 Å². The first-order valence-electron chi connectivity index (χ1n) is 7.55. The molecule has 2 aromatic rings. The number of amides is 3. The van der Waals surface area contributed by atoms with E-state index in [1.807, 2.05) is 0 Å². The van der Waals surface area contributed by atoms with Crippen LogP contribution in [0.5, 0.6) is 0 Å². The van der Waals surface area contributed by atoms with E-state index in [9.17, 15) is 24.1 Å². The number of non-ortho nitro benzene ring substituents is 1. The minimum Gasteiger partial charge on any atom is -0.319 e. The van der Waals surface area contributed by atoms with Gasteiger partial charge >= 0.3 is 6.03 Å². The van der Waals surface area contributed by atoms with Crippen LogP contribution in [0.25, 0.3) is 0 Å². The van der Waals surface area contributed by atoms with E-state index in [2.05, 4.69) is 21.2 Å². The fraction of sp³-hybridized carbons (Fsp3) is 0.176. The van der Waals surface area contributed by atoms with Gasteiger partial charge in [0, 0.05) is 22.2 Å². The highest BCUT2D eigenvalue weighted by Crippen LogP contribution is 2.31. The minimum absolute atomic E-state index is 0.122. The summed E-state index contributed by atoms with van der Waals surface area (Å²) in [5.41, 5.74) is -0.897. The molecule has 9 heteroatoms. The number of carbonyl (C=O) groups is 2. The van der Waals surface area contributed by atoms with Gasteiger partial charge < -0.3 is 5.32 Å². The van der Waals surface area contributed by atoms with Crippen molar-refractivity contribution in [2.24, 2.45) is 0 Å². The van der Waals surface area contributed by atoms with Crippen LogP contribution in [0, 0.1) is 15.9 Å². The number of imide groups is 1. The number of nitrogens with one attached hydrogen (secondary N) is 1. The van der Waals surface area contributed by atoms with Crippen molar-refractivity contribution < 1.29 is 18.9 Å². The van der Waals surface area contributed by atoms with Gasteiger partial charge in [0.1, 0.15) is 11.4 Å². The molecule has 2 aromatic carbocycles. The molecular formula is C17H13BrFN3O4. The number of benzene rings is 2. The second kappa shape index (κ2) is 6.49. The molecule has 1 aliphatic heterocycles. The summed E-state index contributed by atoms with van der Waals surface area (Å²) in [7, 11) is 0. The van der Waals surface area contributed by atoms with Gasteiger partial charge in [-0.25, -0.2) is 9.18 Å². The van der Waals surface area contributed by atoms with Crippen molar-refractivity contribution in [3.63, 3.8) is 0 Å². The third kappa shape index (κ3) is 3.05. The molecule has 3 amide bonds. The molecule has 0 spiro atoms. The molecule has 1 N–H and O–H groups in total. The zero-order valence-corrected chi connectivity index (χ0v) is 15.1. The normalized spacial score (nSPS) is 19.6. The molecule has 1 aliphatic rings. The van der Waals surface area contributed by atoms with E-state index in [4.69, 9.17) is 0 Å². The number of urea groups is 1. The highest BCUT2D eigenvalue weighted by atomic mass is 79.9. The summed E-state index contributed by atoms with van der Waals surface area (Å²) in [6.07, 6.45) is 0. The molecule has 0 radical (unpaired) electrons. The smallest absolute Gasteiger partial charge is 0.319 e. The van der Waals surface area contributed by atoms with E-state index in [1.165, 1.54) is 43.3 Å². The van der Waals surface area contributed by atoms with Gasteiger partial charge in [0.25, 0.3) is 11.6 Å². The Morgan fingerprint density at radius 1 is 1.23 bits per heavy atom. The Morgan fingerprint density at radius 2 is 1.88 bits per heavy atom. The lowest BCUT2D eigenvalue weighted by molar-refractivity contribution is -0.384. The van der Waals surface area contributed by atoms with Crippen LogP contribution in [0.4, 0.5) is 14.9 Å². The summed E-state index contributed by atoms with van der Waals surface area (Å²) in [6.45, 7) is 1.29. The zero-order chi connectivity index (χ0) is 19.1. The first kappa shape index (κ1) is 18.0. The molecule has 134 valence electrons. The average Bonchev–Trinajstić information content (AvgIpc) is 2.81. The first-order valence-corrected chi connectivity index (χ1v) is 8.34. The lowest BCUT2D eigenvalue weighted by atomic mass is 9.92. The van der Waals surface area contributed by atoms with Gasteiger partial charge in [0.05, 0.1) is 11.5 Å². The van der Waals surface area contributed by atoms with Crippen LogP contribution in [0.1, 0.15) is 18.1 Å². The average molecular weight is 422 g/mol. The molecule has 0 aromatic heterocycles. The molecule has 3 rings (SSSR count). The Hall–Kier alpha value is -2.81. The Bertz CT molecular complexity index is 919. The molecule has 1 fully saturated rings. The van der Waals surface area contributed by atoms with E-state index in [1.54, 1.807) is 6.07 Å². The fourth-order valence-electron chi connectivity index (χ4n) is 2.77. The Morgan fingerprint density at radius 3 is 2.46 bits per heavy atom. The Kier molecular flexibility index (Phi) is 4.49. The second-order valence-electron chi connectivity index (χ2n) is 5.99. The highest BCUT2D eigenvalue weighted by molar-refractivity contribution is 9.10. The van der Waals surface area contributed by atoms with Gasteiger partial charge in [0.2, 0.25) is 0 Å². The van der Waals surface area contributed by atoms with Gasteiger partial charge in [-0.2, -0.15) is 0 Å². The summed E-state index contributed by atoms with van der Waals surface area (Å²) < 4.78 is 14.6. The van der Waals surface area contributed by atoms with Crippen molar-refractivity contribution in [3.8, 4) is 0 Å². The second-order valence-corrected chi connectivity index (χ2v) is 6.90. The summed E-state index contributed by atoms with van der Waals surface area (Å²) >= 11 is 3.15. The zero-order valence-electron chi connectivity index (χ0n) is 13.5. The number of nitro groups is 1. The number of halogens is 2. The van der Waals surface area contributed by atoms with Gasteiger partial charge in [-0.3, -0.25) is 19.8 Å². The van der Waals surface area contributed by atoms with Crippen LogP contribution in [0.15, 0.2) is 46.9 Å². The summed E-state index contributed by atoms with van der Waals surface area (Å²) in [5, 5.41) is 13.3. The molecule has 1 saturated heterocycles. The van der Waals surface area contributed by atoms with E-state index < -0.39 is 28.2 Å². The van der Waals surface area contributed by atoms with Crippen molar-refractivity contribution in [2.75, 3.05) is 0 Å². The van der Waals surface area contributed by atoms with Crippen LogP contribution in [-0.2, 0) is 16.9 Å². The molecule has 1 unspecified atom stereocenters. The van der Waals surface area contributed by atoms with Crippen LogP contribution < -0.4 is 5.32 Å². The van der Waals surface area contributed by atoms with E-state index in [-0.39, 0.29) is 17.8 Å². The van der Waals surface area contributed by atoms with Crippen molar-refractivity contribution in [1.82, 2.24) is 10.2 Å². The third-order valence-electron chi connectivity index (χ3n) is 4.27. The fourth-order valence-corrected chi connectivity index (χ4v) is 3.11. The maximum absolute atomic E-state index is 14.0. The van der Waals surface area contributed by atoms with Crippen molar-refractivity contribution in [1.29, 1.82) is 0 Å². The van der Waals surface area contributed by atoms with Crippen molar-refractivity contribution in [2.45, 2.75) is 19.0 Å². The first-order chi connectivity index (χ1) is 12.2. The number of nitro benzene ring substituents is 1. The molecule has 26 heavy (non-hydrogen) atoms. The van der Waals surface area contributed by atoms with Crippen LogP contribution in [0.3, 0.4) is 0 Å². The predicted octanol–water partition coefficient (Wildman–Crippen LogP) is 3.46. The number of rotatable bonds is 4. The maximum atomic E-state index is 14.0. The third-order valence-corrected chi connectivity index (χ3v) is 4.77. The summed E-state index contributed by atoms with van der Waals surface area (Å²) in [5.74, 6) is -1.09. The molecule has 7 nitrogen and oxygen atoms in total. The number of hydrogen-bond donors (Lipinski definition) is 1. The predicted molar refractivity (Wildman–Crippen MR) is 93.6 cm³/mol. The molecule has 0 saturated carbocycles. The van der Waals surface area contributed by atoms with Crippen LogP contribution >= 0.6 is 15.9 Å². The Balaban J connectivity index is 1.88. The lowest BCUT2D eigenvalue weighted by Gasteiger charge is -2.22. The van der Waals surface area contributed by atoms with Gasteiger partial charge in [-0.15, -0.1) is 0 Å². The van der Waals surface area contributed by atoms with Crippen LogP contribution in [-0.4, -0.2) is 21.8 Å². The van der Waals surface area contributed by atoms with Gasteiger partial charge in [-0.1, -0.05) is 22.0 Å².